The Morgan fingerprint density at radius 3 is 2.30 bits per heavy atom. The Kier molecular flexibility index (Phi) is 1.94. The van der Waals surface area contributed by atoms with Gasteiger partial charge in [-0.3, -0.25) is 0 Å². The molecular weight excluding hydrogens is 124 g/mol. The van der Waals surface area contributed by atoms with Crippen molar-refractivity contribution in [3.05, 3.63) is 0 Å². The molecule has 10 heavy (non-hydrogen) atoms. The van der Waals surface area contributed by atoms with Gasteiger partial charge in [-0.05, 0) is 31.1 Å². The summed E-state index contributed by atoms with van der Waals surface area (Å²) >= 11 is 0. The van der Waals surface area contributed by atoms with E-state index in [0.29, 0.717) is 0 Å². The Bertz CT molecular complexity index is 83.8. The van der Waals surface area contributed by atoms with E-state index in [1.165, 1.54) is 32.1 Å². The minimum absolute atomic E-state index is 0.913. The molecule has 0 aromatic carbocycles. The van der Waals surface area contributed by atoms with Crippen LogP contribution in [-0.4, -0.2) is 13.2 Å². The van der Waals surface area contributed by atoms with Crippen LogP contribution in [0, 0.1) is 11.8 Å². The van der Waals surface area contributed by atoms with Crippen molar-refractivity contribution in [3.8, 4) is 0 Å². The van der Waals surface area contributed by atoms with Crippen LogP contribution >= 0.6 is 0 Å². The first-order chi connectivity index (χ1) is 4.95. The third-order valence-electron chi connectivity index (χ3n) is 2.99. The molecule has 2 bridgehead atoms. The summed E-state index contributed by atoms with van der Waals surface area (Å²) in [5.74, 6) is 1.92. The van der Waals surface area contributed by atoms with Gasteiger partial charge in [-0.15, -0.1) is 0 Å². The summed E-state index contributed by atoms with van der Waals surface area (Å²) in [5.41, 5.74) is 0. The second-order valence-corrected chi connectivity index (χ2v) is 3.75. The Morgan fingerprint density at radius 1 is 0.800 bits per heavy atom. The van der Waals surface area contributed by atoms with Gasteiger partial charge >= 0.3 is 0 Å². The SMILES string of the molecule is C1CC2CCC(CC2)CO1. The molecule has 2 aliphatic heterocycles. The highest BCUT2D eigenvalue weighted by atomic mass is 16.5. The number of fused-ring (bicyclic) bond motifs is 5. The van der Waals surface area contributed by atoms with Crippen molar-refractivity contribution in [2.24, 2.45) is 11.8 Å². The van der Waals surface area contributed by atoms with Gasteiger partial charge in [-0.2, -0.15) is 0 Å². The maximum absolute atomic E-state index is 5.51. The lowest BCUT2D eigenvalue weighted by molar-refractivity contribution is 0.0367. The maximum atomic E-state index is 5.51. The molecular formula is C9H16O. The van der Waals surface area contributed by atoms with E-state index in [1.54, 1.807) is 0 Å². The minimum atomic E-state index is 0.913. The molecule has 0 aromatic heterocycles. The summed E-state index contributed by atoms with van der Waals surface area (Å²) < 4.78 is 5.51. The van der Waals surface area contributed by atoms with Gasteiger partial charge in [0.05, 0.1) is 0 Å². The third kappa shape index (κ3) is 1.34. The summed E-state index contributed by atoms with van der Waals surface area (Å²) in [7, 11) is 0. The largest absolute Gasteiger partial charge is 0.381 e. The van der Waals surface area contributed by atoms with Crippen molar-refractivity contribution in [1.29, 1.82) is 0 Å². The van der Waals surface area contributed by atoms with Gasteiger partial charge in [0, 0.05) is 13.2 Å². The van der Waals surface area contributed by atoms with Gasteiger partial charge in [-0.1, -0.05) is 12.8 Å². The van der Waals surface area contributed by atoms with E-state index < -0.39 is 0 Å². The van der Waals surface area contributed by atoms with Gasteiger partial charge in [0.2, 0.25) is 0 Å². The standard InChI is InChI=1S/C9H16O/c1-3-9-4-2-8(1)5-6-10-7-9/h8-9H,1-7H2. The van der Waals surface area contributed by atoms with Crippen LogP contribution in [0.1, 0.15) is 32.1 Å². The molecule has 1 nitrogen and oxygen atoms in total. The Labute approximate surface area is 62.8 Å². The van der Waals surface area contributed by atoms with Gasteiger partial charge in [0.25, 0.3) is 0 Å². The minimum Gasteiger partial charge on any atom is -0.381 e. The number of ether oxygens (including phenoxy) is 1. The zero-order valence-corrected chi connectivity index (χ0v) is 6.51. The predicted octanol–water partition coefficient (Wildman–Crippen LogP) is 2.21. The van der Waals surface area contributed by atoms with Crippen molar-refractivity contribution < 1.29 is 4.74 Å². The van der Waals surface area contributed by atoms with Gasteiger partial charge in [0.1, 0.15) is 0 Å². The molecule has 0 aromatic rings. The van der Waals surface area contributed by atoms with Crippen molar-refractivity contribution in [3.63, 3.8) is 0 Å². The molecule has 3 fully saturated rings. The van der Waals surface area contributed by atoms with Crippen LogP contribution < -0.4 is 0 Å². The molecule has 0 unspecified atom stereocenters. The summed E-state index contributed by atoms with van der Waals surface area (Å²) in [6.07, 6.45) is 7.16. The Morgan fingerprint density at radius 2 is 1.50 bits per heavy atom. The van der Waals surface area contributed by atoms with E-state index in [0.717, 1.165) is 25.0 Å². The second-order valence-electron chi connectivity index (χ2n) is 3.75. The normalized spacial score (nSPS) is 40.8. The molecule has 2 heterocycles. The van der Waals surface area contributed by atoms with Gasteiger partial charge < -0.3 is 4.74 Å². The second kappa shape index (κ2) is 2.91. The van der Waals surface area contributed by atoms with Crippen LogP contribution in [-0.2, 0) is 4.74 Å². The molecule has 0 radical (unpaired) electrons. The van der Waals surface area contributed by atoms with E-state index >= 15 is 0 Å². The van der Waals surface area contributed by atoms with Crippen molar-refractivity contribution >= 4 is 0 Å². The molecule has 1 aliphatic carbocycles. The Hall–Kier alpha value is -0.0400. The predicted molar refractivity (Wildman–Crippen MR) is 40.9 cm³/mol. The lowest BCUT2D eigenvalue weighted by atomic mass is 9.80. The number of hydrogen-bond acceptors (Lipinski definition) is 1. The van der Waals surface area contributed by atoms with E-state index in [-0.39, 0.29) is 0 Å². The van der Waals surface area contributed by atoms with Crippen LogP contribution in [0.5, 0.6) is 0 Å². The average molecular weight is 140 g/mol. The first kappa shape index (κ1) is 6.66. The highest BCUT2D eigenvalue weighted by Gasteiger charge is 2.23. The highest BCUT2D eigenvalue weighted by Crippen LogP contribution is 2.32. The first-order valence-corrected chi connectivity index (χ1v) is 4.53. The molecule has 0 amide bonds. The molecule has 3 aliphatic rings. The fourth-order valence-electron chi connectivity index (χ4n) is 2.19. The summed E-state index contributed by atoms with van der Waals surface area (Å²) in [6, 6.07) is 0. The monoisotopic (exact) mass is 140 g/mol. The first-order valence-electron chi connectivity index (χ1n) is 4.53. The fraction of sp³-hybridized carbons (Fsp3) is 1.00. The van der Waals surface area contributed by atoms with Gasteiger partial charge in [-0.25, -0.2) is 0 Å². The number of rotatable bonds is 0. The highest BCUT2D eigenvalue weighted by molar-refractivity contribution is 4.74. The molecule has 58 valence electrons. The molecule has 0 N–H and O–H groups in total. The topological polar surface area (TPSA) is 9.23 Å². The zero-order chi connectivity index (χ0) is 6.81. The third-order valence-corrected chi connectivity index (χ3v) is 2.99. The molecule has 1 heteroatoms. The average Bonchev–Trinajstić information content (AvgIpc) is 1.89. The molecule has 0 atom stereocenters. The van der Waals surface area contributed by atoms with Crippen LogP contribution in [0.4, 0.5) is 0 Å². The maximum Gasteiger partial charge on any atom is 0.0494 e. The van der Waals surface area contributed by atoms with E-state index in [9.17, 15) is 0 Å². The van der Waals surface area contributed by atoms with Crippen LogP contribution in [0.25, 0.3) is 0 Å². The summed E-state index contributed by atoms with van der Waals surface area (Å²) in [5, 5.41) is 0. The van der Waals surface area contributed by atoms with E-state index in [1.807, 2.05) is 0 Å². The van der Waals surface area contributed by atoms with E-state index in [2.05, 4.69) is 0 Å². The fourth-order valence-corrected chi connectivity index (χ4v) is 2.19. The van der Waals surface area contributed by atoms with Crippen LogP contribution in [0.3, 0.4) is 0 Å². The smallest absolute Gasteiger partial charge is 0.0494 e. The summed E-state index contributed by atoms with van der Waals surface area (Å²) in [4.78, 5) is 0. The quantitative estimate of drug-likeness (QED) is 0.501. The lowest BCUT2D eigenvalue weighted by Gasteiger charge is -2.31. The van der Waals surface area contributed by atoms with Gasteiger partial charge in [0.15, 0.2) is 0 Å². The lowest BCUT2D eigenvalue weighted by Crippen LogP contribution is -2.23. The molecule has 3 rings (SSSR count). The van der Waals surface area contributed by atoms with Crippen LogP contribution in [0.15, 0.2) is 0 Å². The van der Waals surface area contributed by atoms with Crippen molar-refractivity contribution in [2.45, 2.75) is 32.1 Å². The Balaban J connectivity index is 1.94. The zero-order valence-electron chi connectivity index (χ0n) is 6.51. The summed E-state index contributed by atoms with van der Waals surface area (Å²) in [6.45, 7) is 2.08. The number of hydrogen-bond donors (Lipinski definition) is 0. The van der Waals surface area contributed by atoms with Crippen LogP contribution in [0.2, 0.25) is 0 Å². The molecule has 2 saturated heterocycles. The van der Waals surface area contributed by atoms with Crippen molar-refractivity contribution in [1.82, 2.24) is 0 Å². The van der Waals surface area contributed by atoms with Crippen molar-refractivity contribution in [2.75, 3.05) is 13.2 Å². The molecule has 1 saturated carbocycles. The van der Waals surface area contributed by atoms with E-state index in [4.69, 9.17) is 4.74 Å². The molecule has 0 spiro atoms.